The van der Waals surface area contributed by atoms with Crippen LogP contribution in [0, 0.1) is 0 Å². The first kappa shape index (κ1) is 16.0. The molecule has 2 rings (SSSR count). The van der Waals surface area contributed by atoms with E-state index in [1.807, 2.05) is 30.5 Å². The quantitative estimate of drug-likeness (QED) is 0.429. The topological polar surface area (TPSA) is 102 Å². The second-order valence-electron chi connectivity index (χ2n) is 5.04. The Bertz CT molecular complexity index is 681. The van der Waals surface area contributed by atoms with Crippen molar-refractivity contribution in [2.75, 3.05) is 18.9 Å². The third kappa shape index (κ3) is 4.82. The minimum atomic E-state index is -3.92. The lowest BCUT2D eigenvalue weighted by molar-refractivity contribution is 0.242. The predicted octanol–water partition coefficient (Wildman–Crippen LogP) is 0.939. The Morgan fingerprint density at radius 2 is 2.05 bits per heavy atom. The molecule has 0 aliphatic heterocycles. The Hall–Kier alpha value is -1.41. The van der Waals surface area contributed by atoms with Crippen LogP contribution < -0.4 is 5.32 Å². The molecule has 1 heterocycles. The molecule has 0 bridgehead atoms. The molecule has 0 aliphatic rings. The molecular formula is C14H20N2O4S. The number of aromatic nitrogens is 1. The maximum atomic E-state index is 10.6. The maximum absolute atomic E-state index is 10.6. The van der Waals surface area contributed by atoms with Crippen molar-refractivity contribution >= 4 is 21.0 Å². The molecule has 21 heavy (non-hydrogen) atoms. The maximum Gasteiger partial charge on any atom is 0.264 e. The molecule has 1 atom stereocenters. The summed E-state index contributed by atoms with van der Waals surface area (Å²) in [5.41, 5.74) is 2.16. The van der Waals surface area contributed by atoms with E-state index in [0.717, 1.165) is 16.5 Å². The second-order valence-corrected chi connectivity index (χ2v) is 6.61. The number of aliphatic hydroxyl groups is 1. The van der Waals surface area contributed by atoms with Gasteiger partial charge in [0.1, 0.15) is 0 Å². The van der Waals surface area contributed by atoms with Crippen molar-refractivity contribution in [3.8, 4) is 0 Å². The molecule has 0 fully saturated rings. The summed E-state index contributed by atoms with van der Waals surface area (Å²) in [6.07, 6.45) is 2.88. The van der Waals surface area contributed by atoms with E-state index in [-0.39, 0.29) is 18.4 Å². The number of aliphatic hydroxyl groups excluding tert-OH is 1. The van der Waals surface area contributed by atoms with E-state index in [0.29, 0.717) is 19.4 Å². The molecule has 4 N–H and O–H groups in total. The number of hydrogen-bond acceptors (Lipinski definition) is 4. The summed E-state index contributed by atoms with van der Waals surface area (Å²) in [4.78, 5) is 3.18. The number of aromatic amines is 1. The zero-order valence-electron chi connectivity index (χ0n) is 11.6. The molecule has 0 aliphatic carbocycles. The minimum absolute atomic E-state index is 0.0363. The Balaban J connectivity index is 1.90. The molecule has 6 nitrogen and oxygen atoms in total. The van der Waals surface area contributed by atoms with Crippen LogP contribution in [-0.2, 0) is 16.5 Å². The standard InChI is InChI=1S/C14H20N2O4S/c17-10-12(15-6-3-7-21(18,19)20)8-11-9-16-14-5-2-1-4-13(11)14/h1-2,4-5,9,12,15-17H,3,6-8,10H2,(H,18,19,20)/t12-/m0/s1. The van der Waals surface area contributed by atoms with Crippen molar-refractivity contribution in [1.29, 1.82) is 0 Å². The van der Waals surface area contributed by atoms with E-state index in [9.17, 15) is 13.5 Å². The molecule has 1 aromatic carbocycles. The first-order valence-corrected chi connectivity index (χ1v) is 8.45. The highest BCUT2D eigenvalue weighted by molar-refractivity contribution is 7.85. The van der Waals surface area contributed by atoms with Crippen LogP contribution in [0.25, 0.3) is 10.9 Å². The zero-order valence-corrected chi connectivity index (χ0v) is 12.4. The smallest absolute Gasteiger partial charge is 0.264 e. The molecule has 0 amide bonds. The summed E-state index contributed by atoms with van der Waals surface area (Å²) < 4.78 is 29.9. The van der Waals surface area contributed by atoms with Crippen LogP contribution in [0.15, 0.2) is 30.5 Å². The van der Waals surface area contributed by atoms with Gasteiger partial charge in [0.05, 0.1) is 12.4 Å². The van der Waals surface area contributed by atoms with Gasteiger partial charge in [-0.15, -0.1) is 0 Å². The number of para-hydroxylation sites is 1. The average molecular weight is 312 g/mol. The van der Waals surface area contributed by atoms with Gasteiger partial charge in [0.2, 0.25) is 0 Å². The fourth-order valence-electron chi connectivity index (χ4n) is 2.33. The number of benzene rings is 1. The predicted molar refractivity (Wildman–Crippen MR) is 81.9 cm³/mol. The fourth-order valence-corrected chi connectivity index (χ4v) is 2.84. The molecule has 7 heteroatoms. The van der Waals surface area contributed by atoms with Crippen LogP contribution >= 0.6 is 0 Å². The third-order valence-electron chi connectivity index (χ3n) is 3.37. The van der Waals surface area contributed by atoms with Gasteiger partial charge in [-0.1, -0.05) is 18.2 Å². The minimum Gasteiger partial charge on any atom is -0.395 e. The molecule has 0 radical (unpaired) electrons. The first-order valence-electron chi connectivity index (χ1n) is 6.84. The highest BCUT2D eigenvalue weighted by atomic mass is 32.2. The van der Waals surface area contributed by atoms with Gasteiger partial charge in [-0.05, 0) is 31.0 Å². The van der Waals surface area contributed by atoms with E-state index < -0.39 is 10.1 Å². The van der Waals surface area contributed by atoms with Crippen LogP contribution in [-0.4, -0.2) is 48.0 Å². The summed E-state index contributed by atoms with van der Waals surface area (Å²) >= 11 is 0. The lowest BCUT2D eigenvalue weighted by atomic mass is 10.1. The number of hydrogen-bond donors (Lipinski definition) is 4. The van der Waals surface area contributed by atoms with Gasteiger partial charge >= 0.3 is 0 Å². The fraction of sp³-hybridized carbons (Fsp3) is 0.429. The van der Waals surface area contributed by atoms with Crippen molar-refractivity contribution in [1.82, 2.24) is 10.3 Å². The number of fused-ring (bicyclic) bond motifs is 1. The summed E-state index contributed by atoms with van der Waals surface area (Å²) in [5.74, 6) is -0.273. The van der Waals surface area contributed by atoms with E-state index in [4.69, 9.17) is 4.55 Å². The molecule has 0 saturated carbocycles. The third-order valence-corrected chi connectivity index (χ3v) is 4.18. The van der Waals surface area contributed by atoms with Gasteiger partial charge in [0, 0.05) is 23.1 Å². The zero-order chi connectivity index (χ0) is 15.3. The van der Waals surface area contributed by atoms with Gasteiger partial charge in [-0.25, -0.2) is 0 Å². The number of rotatable bonds is 8. The van der Waals surface area contributed by atoms with Crippen LogP contribution in [0.3, 0.4) is 0 Å². The molecule has 1 aromatic heterocycles. The van der Waals surface area contributed by atoms with Crippen molar-refractivity contribution in [2.45, 2.75) is 18.9 Å². The normalized spacial score (nSPS) is 13.6. The lowest BCUT2D eigenvalue weighted by Crippen LogP contribution is -2.35. The first-order chi connectivity index (χ1) is 9.99. The Morgan fingerprint density at radius 3 is 2.76 bits per heavy atom. The highest BCUT2D eigenvalue weighted by Crippen LogP contribution is 2.18. The number of H-pyrrole nitrogens is 1. The SMILES string of the molecule is O=S(=O)(O)CCCN[C@H](CO)Cc1c[nH]c2ccccc12. The van der Waals surface area contributed by atoms with E-state index in [2.05, 4.69) is 10.3 Å². The molecule has 0 unspecified atom stereocenters. The van der Waals surface area contributed by atoms with E-state index in [1.165, 1.54) is 0 Å². The van der Waals surface area contributed by atoms with Crippen LogP contribution in [0.2, 0.25) is 0 Å². The number of nitrogens with one attached hydrogen (secondary N) is 2. The molecular weight excluding hydrogens is 292 g/mol. The van der Waals surface area contributed by atoms with Crippen LogP contribution in [0.4, 0.5) is 0 Å². The summed E-state index contributed by atoms with van der Waals surface area (Å²) in [6, 6.07) is 7.79. The molecule has 2 aromatic rings. The van der Waals surface area contributed by atoms with Crippen LogP contribution in [0.1, 0.15) is 12.0 Å². The second kappa shape index (κ2) is 7.04. The largest absolute Gasteiger partial charge is 0.395 e. The molecule has 116 valence electrons. The van der Waals surface area contributed by atoms with Gasteiger partial charge in [0.25, 0.3) is 10.1 Å². The van der Waals surface area contributed by atoms with Crippen molar-refractivity contribution in [3.63, 3.8) is 0 Å². The van der Waals surface area contributed by atoms with Gasteiger partial charge < -0.3 is 15.4 Å². The molecule has 0 saturated heterocycles. The summed E-state index contributed by atoms with van der Waals surface area (Å²) in [6.45, 7) is 0.388. The Morgan fingerprint density at radius 1 is 1.29 bits per heavy atom. The van der Waals surface area contributed by atoms with E-state index in [1.54, 1.807) is 0 Å². The Labute approximate surface area is 123 Å². The van der Waals surface area contributed by atoms with Crippen molar-refractivity contribution < 1.29 is 18.1 Å². The van der Waals surface area contributed by atoms with Gasteiger partial charge in [0.15, 0.2) is 0 Å². The van der Waals surface area contributed by atoms with E-state index >= 15 is 0 Å². The summed E-state index contributed by atoms with van der Waals surface area (Å²) in [7, 11) is -3.92. The van der Waals surface area contributed by atoms with Crippen molar-refractivity contribution in [3.05, 3.63) is 36.0 Å². The van der Waals surface area contributed by atoms with Gasteiger partial charge in [-0.3, -0.25) is 4.55 Å². The van der Waals surface area contributed by atoms with Crippen LogP contribution in [0.5, 0.6) is 0 Å². The molecule has 0 spiro atoms. The Kier molecular flexibility index (Phi) is 5.35. The lowest BCUT2D eigenvalue weighted by Gasteiger charge is -2.15. The monoisotopic (exact) mass is 312 g/mol. The summed E-state index contributed by atoms with van der Waals surface area (Å²) in [5, 5.41) is 13.6. The highest BCUT2D eigenvalue weighted by Gasteiger charge is 2.12. The average Bonchev–Trinajstić information content (AvgIpc) is 2.84. The van der Waals surface area contributed by atoms with Crippen molar-refractivity contribution in [2.24, 2.45) is 0 Å². The van der Waals surface area contributed by atoms with Gasteiger partial charge in [-0.2, -0.15) is 8.42 Å².